The number of esters is 1. The van der Waals surface area contributed by atoms with Gasteiger partial charge in [-0.25, -0.2) is 0 Å². The molecule has 14 heavy (non-hydrogen) atoms. The molecular formula is C11H20O2S. The molecule has 1 heterocycles. The van der Waals surface area contributed by atoms with Crippen LogP contribution in [0.2, 0.25) is 0 Å². The van der Waals surface area contributed by atoms with Crippen LogP contribution >= 0.6 is 11.8 Å². The van der Waals surface area contributed by atoms with Gasteiger partial charge in [-0.15, -0.1) is 0 Å². The minimum Gasteiger partial charge on any atom is -0.466 e. The van der Waals surface area contributed by atoms with Gasteiger partial charge in [-0.1, -0.05) is 13.8 Å². The van der Waals surface area contributed by atoms with Crippen LogP contribution < -0.4 is 0 Å². The highest BCUT2D eigenvalue weighted by Crippen LogP contribution is 2.41. The molecule has 1 atom stereocenters. The Kier molecular flexibility index (Phi) is 4.30. The van der Waals surface area contributed by atoms with Crippen molar-refractivity contribution in [1.82, 2.24) is 0 Å². The summed E-state index contributed by atoms with van der Waals surface area (Å²) in [6.45, 7) is 6.70. The second-order valence-corrected chi connectivity index (χ2v) is 5.78. The first-order chi connectivity index (χ1) is 6.56. The quantitative estimate of drug-likeness (QED) is 0.676. The fourth-order valence-electron chi connectivity index (χ4n) is 1.89. The predicted octanol–water partition coefficient (Wildman–Crippen LogP) is 2.86. The van der Waals surface area contributed by atoms with Gasteiger partial charge in [-0.3, -0.25) is 4.79 Å². The van der Waals surface area contributed by atoms with Gasteiger partial charge in [0.05, 0.1) is 13.0 Å². The molecule has 0 aromatic rings. The SMILES string of the molecule is CCOC(=O)CC(C)(C)C1CCCS1. The standard InChI is InChI=1S/C11H20O2S/c1-4-13-10(12)8-11(2,3)9-6-5-7-14-9/h9H,4-8H2,1-3H3. The summed E-state index contributed by atoms with van der Waals surface area (Å²) in [5, 5.41) is 0.631. The lowest BCUT2D eigenvalue weighted by atomic mass is 9.83. The molecule has 0 aromatic carbocycles. The molecule has 2 nitrogen and oxygen atoms in total. The highest BCUT2D eigenvalue weighted by molar-refractivity contribution is 8.00. The Morgan fingerprint density at radius 3 is 2.79 bits per heavy atom. The summed E-state index contributed by atoms with van der Waals surface area (Å²) in [5.74, 6) is 1.20. The lowest BCUT2D eigenvalue weighted by Gasteiger charge is -2.29. The van der Waals surface area contributed by atoms with E-state index in [1.807, 2.05) is 18.7 Å². The molecule has 1 aliphatic rings. The first-order valence-electron chi connectivity index (χ1n) is 5.33. The summed E-state index contributed by atoms with van der Waals surface area (Å²) < 4.78 is 4.99. The van der Waals surface area contributed by atoms with Gasteiger partial charge < -0.3 is 4.74 Å². The Labute approximate surface area is 90.8 Å². The van der Waals surface area contributed by atoms with Crippen molar-refractivity contribution in [2.75, 3.05) is 12.4 Å². The van der Waals surface area contributed by atoms with E-state index < -0.39 is 0 Å². The fraction of sp³-hybridized carbons (Fsp3) is 0.909. The summed E-state index contributed by atoms with van der Waals surface area (Å²) in [6.07, 6.45) is 3.09. The Morgan fingerprint density at radius 1 is 1.57 bits per heavy atom. The van der Waals surface area contributed by atoms with Crippen LogP contribution in [0.4, 0.5) is 0 Å². The van der Waals surface area contributed by atoms with Crippen LogP contribution in [0.3, 0.4) is 0 Å². The first-order valence-corrected chi connectivity index (χ1v) is 6.38. The van der Waals surface area contributed by atoms with Crippen molar-refractivity contribution in [3.63, 3.8) is 0 Å². The van der Waals surface area contributed by atoms with Crippen molar-refractivity contribution in [2.45, 2.75) is 45.3 Å². The zero-order valence-corrected chi connectivity index (χ0v) is 10.2. The topological polar surface area (TPSA) is 26.3 Å². The van der Waals surface area contributed by atoms with Crippen molar-refractivity contribution in [3.05, 3.63) is 0 Å². The van der Waals surface area contributed by atoms with Crippen LogP contribution in [-0.4, -0.2) is 23.6 Å². The molecule has 0 radical (unpaired) electrons. The number of rotatable bonds is 4. The molecule has 0 aromatic heterocycles. The molecule has 0 spiro atoms. The van der Waals surface area contributed by atoms with Gasteiger partial charge in [0.1, 0.15) is 0 Å². The maximum atomic E-state index is 11.4. The van der Waals surface area contributed by atoms with Gasteiger partial charge in [0.2, 0.25) is 0 Å². The number of carbonyl (C=O) groups excluding carboxylic acids is 1. The number of carbonyl (C=O) groups is 1. The molecule has 0 saturated carbocycles. The average molecular weight is 216 g/mol. The van der Waals surface area contributed by atoms with Crippen molar-refractivity contribution in [2.24, 2.45) is 5.41 Å². The van der Waals surface area contributed by atoms with Crippen LogP contribution in [0.5, 0.6) is 0 Å². The molecule has 0 N–H and O–H groups in total. The van der Waals surface area contributed by atoms with E-state index >= 15 is 0 Å². The van der Waals surface area contributed by atoms with Crippen LogP contribution in [0.15, 0.2) is 0 Å². The van der Waals surface area contributed by atoms with E-state index in [4.69, 9.17) is 4.74 Å². The maximum Gasteiger partial charge on any atom is 0.306 e. The summed E-state index contributed by atoms with van der Waals surface area (Å²) in [7, 11) is 0. The highest BCUT2D eigenvalue weighted by atomic mass is 32.2. The molecule has 0 bridgehead atoms. The van der Waals surface area contributed by atoms with Gasteiger partial charge in [0.15, 0.2) is 0 Å². The summed E-state index contributed by atoms with van der Waals surface area (Å²) >= 11 is 2.00. The minimum atomic E-state index is -0.0509. The average Bonchev–Trinajstić information content (AvgIpc) is 2.54. The molecule has 1 unspecified atom stereocenters. The van der Waals surface area contributed by atoms with Gasteiger partial charge in [-0.2, -0.15) is 11.8 Å². The lowest BCUT2D eigenvalue weighted by Crippen LogP contribution is -2.28. The van der Waals surface area contributed by atoms with Gasteiger partial charge in [0.25, 0.3) is 0 Å². The third kappa shape index (κ3) is 3.19. The van der Waals surface area contributed by atoms with E-state index in [1.54, 1.807) is 0 Å². The van der Waals surface area contributed by atoms with E-state index in [0.717, 1.165) is 0 Å². The summed E-state index contributed by atoms with van der Waals surface area (Å²) in [6, 6.07) is 0. The second kappa shape index (κ2) is 5.06. The number of hydrogen-bond acceptors (Lipinski definition) is 3. The fourth-order valence-corrected chi connectivity index (χ4v) is 3.38. The van der Waals surface area contributed by atoms with Gasteiger partial charge in [0, 0.05) is 5.25 Å². The van der Waals surface area contributed by atoms with E-state index in [2.05, 4.69) is 13.8 Å². The molecule has 82 valence electrons. The predicted molar refractivity (Wildman–Crippen MR) is 60.5 cm³/mol. The molecule has 1 fully saturated rings. The summed E-state index contributed by atoms with van der Waals surface area (Å²) in [5.41, 5.74) is 0.0907. The molecule has 1 saturated heterocycles. The van der Waals surface area contributed by atoms with Crippen LogP contribution in [0.25, 0.3) is 0 Å². The molecule has 1 rings (SSSR count). The smallest absolute Gasteiger partial charge is 0.306 e. The van der Waals surface area contributed by atoms with Gasteiger partial charge >= 0.3 is 5.97 Å². The largest absolute Gasteiger partial charge is 0.466 e. The molecule has 3 heteroatoms. The normalized spacial score (nSPS) is 22.4. The van der Waals surface area contributed by atoms with Crippen LogP contribution in [0.1, 0.15) is 40.0 Å². The number of ether oxygens (including phenoxy) is 1. The van der Waals surface area contributed by atoms with E-state index in [0.29, 0.717) is 18.3 Å². The van der Waals surface area contributed by atoms with Crippen LogP contribution in [0, 0.1) is 5.41 Å². The van der Waals surface area contributed by atoms with E-state index in [-0.39, 0.29) is 11.4 Å². The Balaban J connectivity index is 2.43. The third-order valence-corrected chi connectivity index (χ3v) is 4.51. The highest BCUT2D eigenvalue weighted by Gasteiger charge is 2.34. The van der Waals surface area contributed by atoms with Crippen LogP contribution in [-0.2, 0) is 9.53 Å². The zero-order valence-electron chi connectivity index (χ0n) is 9.34. The molecular weight excluding hydrogens is 196 g/mol. The van der Waals surface area contributed by atoms with Crippen molar-refractivity contribution in [1.29, 1.82) is 0 Å². The van der Waals surface area contributed by atoms with E-state index in [9.17, 15) is 4.79 Å². The molecule has 1 aliphatic heterocycles. The van der Waals surface area contributed by atoms with Crippen molar-refractivity contribution in [3.8, 4) is 0 Å². The maximum absolute atomic E-state index is 11.4. The third-order valence-electron chi connectivity index (χ3n) is 2.71. The minimum absolute atomic E-state index is 0.0509. The monoisotopic (exact) mass is 216 g/mol. The van der Waals surface area contributed by atoms with Crippen molar-refractivity contribution < 1.29 is 9.53 Å². The zero-order chi connectivity index (χ0) is 10.6. The number of hydrogen-bond donors (Lipinski definition) is 0. The Bertz CT molecular complexity index is 195. The second-order valence-electron chi connectivity index (χ2n) is 4.47. The first kappa shape index (κ1) is 11.9. The Morgan fingerprint density at radius 2 is 2.29 bits per heavy atom. The Hall–Kier alpha value is -0.180. The number of thioether (sulfide) groups is 1. The van der Waals surface area contributed by atoms with Gasteiger partial charge in [-0.05, 0) is 30.9 Å². The van der Waals surface area contributed by atoms with E-state index in [1.165, 1.54) is 18.6 Å². The lowest BCUT2D eigenvalue weighted by molar-refractivity contribution is -0.145. The molecule has 0 amide bonds. The molecule has 0 aliphatic carbocycles. The van der Waals surface area contributed by atoms with Crippen molar-refractivity contribution >= 4 is 17.7 Å². The summed E-state index contributed by atoms with van der Waals surface area (Å²) in [4.78, 5) is 11.4.